The molecule has 0 spiro atoms. The molecule has 2 aromatic carbocycles. The van der Waals surface area contributed by atoms with Gasteiger partial charge >= 0.3 is 24.0 Å². The molecule has 1 aliphatic carbocycles. The van der Waals surface area contributed by atoms with Crippen LogP contribution in [0.1, 0.15) is 43.7 Å². The summed E-state index contributed by atoms with van der Waals surface area (Å²) < 4.78 is 15.8. The minimum Gasteiger partial charge on any atom is -0.480 e. The number of carbonyl (C=O) groups is 4. The fourth-order valence-corrected chi connectivity index (χ4v) is 4.97. The second-order valence-electron chi connectivity index (χ2n) is 8.40. The third-order valence-corrected chi connectivity index (χ3v) is 7.00. The Kier molecular flexibility index (Phi) is 10.4. The van der Waals surface area contributed by atoms with Gasteiger partial charge in [-0.25, -0.2) is 9.59 Å². The van der Waals surface area contributed by atoms with Gasteiger partial charge in [-0.2, -0.15) is 11.8 Å². The zero-order valence-corrected chi connectivity index (χ0v) is 21.6. The fourth-order valence-electron chi connectivity index (χ4n) is 3.95. The number of nitrogens with one attached hydrogen (secondary N) is 1. The van der Waals surface area contributed by atoms with Crippen molar-refractivity contribution in [1.29, 1.82) is 0 Å². The van der Waals surface area contributed by atoms with Crippen LogP contribution in [0.25, 0.3) is 11.1 Å². The Hall–Kier alpha value is -3.53. The molecule has 0 saturated heterocycles. The van der Waals surface area contributed by atoms with Crippen molar-refractivity contribution < 1.29 is 38.5 Å². The van der Waals surface area contributed by atoms with Gasteiger partial charge in [0.15, 0.2) is 0 Å². The number of rotatable bonds is 13. The van der Waals surface area contributed by atoms with Gasteiger partial charge in [0.2, 0.25) is 0 Å². The third kappa shape index (κ3) is 7.72. The van der Waals surface area contributed by atoms with Crippen LogP contribution in [0.4, 0.5) is 4.79 Å². The van der Waals surface area contributed by atoms with E-state index in [4.69, 9.17) is 14.2 Å². The first-order chi connectivity index (χ1) is 17.8. The first kappa shape index (κ1) is 28.0. The number of amides is 1. The maximum Gasteiger partial charge on any atom is 0.407 e. The van der Waals surface area contributed by atoms with Gasteiger partial charge in [0, 0.05) is 30.3 Å². The molecule has 0 saturated carbocycles. The average molecular weight is 530 g/mol. The van der Waals surface area contributed by atoms with Gasteiger partial charge in [-0.15, -0.1) is 0 Å². The molecule has 1 amide bonds. The zero-order valence-electron chi connectivity index (χ0n) is 20.8. The van der Waals surface area contributed by atoms with E-state index in [0.29, 0.717) is 0 Å². The Bertz CT molecular complexity index is 1080. The summed E-state index contributed by atoms with van der Waals surface area (Å²) in [6.45, 7) is 3.24. The van der Waals surface area contributed by atoms with Crippen molar-refractivity contribution in [2.75, 3.05) is 24.7 Å². The van der Waals surface area contributed by atoms with E-state index in [2.05, 4.69) is 5.32 Å². The summed E-state index contributed by atoms with van der Waals surface area (Å²) in [6, 6.07) is 14.6. The van der Waals surface area contributed by atoms with Gasteiger partial charge in [-0.1, -0.05) is 62.4 Å². The molecule has 2 N–H and O–H groups in total. The molecule has 198 valence electrons. The molecule has 9 nitrogen and oxygen atoms in total. The highest BCUT2D eigenvalue weighted by Crippen LogP contribution is 2.44. The van der Waals surface area contributed by atoms with Crippen LogP contribution in [-0.2, 0) is 28.6 Å². The highest BCUT2D eigenvalue weighted by Gasteiger charge is 2.30. The van der Waals surface area contributed by atoms with E-state index in [1.807, 2.05) is 48.5 Å². The van der Waals surface area contributed by atoms with Gasteiger partial charge in [0.05, 0.1) is 0 Å². The minimum atomic E-state index is -1.22. The number of ether oxygens (including phenoxy) is 3. The summed E-state index contributed by atoms with van der Waals surface area (Å²) >= 11 is 1.16. The van der Waals surface area contributed by atoms with Crippen LogP contribution in [0.5, 0.6) is 0 Å². The molecule has 0 fully saturated rings. The van der Waals surface area contributed by atoms with Crippen LogP contribution in [0.2, 0.25) is 0 Å². The lowest BCUT2D eigenvalue weighted by molar-refractivity contribution is -0.157. The van der Waals surface area contributed by atoms with Crippen LogP contribution in [-0.4, -0.2) is 66.0 Å². The van der Waals surface area contributed by atoms with E-state index in [1.165, 1.54) is 0 Å². The average Bonchev–Trinajstić information content (AvgIpc) is 3.22. The molecular formula is C27H31NO8S. The number of thioether (sulfide) groups is 1. The van der Waals surface area contributed by atoms with E-state index in [1.54, 1.807) is 13.8 Å². The molecule has 3 rings (SSSR count). The molecule has 0 aliphatic heterocycles. The molecule has 0 bridgehead atoms. The number of aliphatic carboxylic acids is 1. The van der Waals surface area contributed by atoms with E-state index in [-0.39, 0.29) is 43.5 Å². The van der Waals surface area contributed by atoms with Gasteiger partial charge < -0.3 is 24.6 Å². The SMILES string of the molecule is CCC(=O)OC[C@H](CSC[C@H](NC(=O)OCC1c2ccccc2-c2ccccc21)C(=O)O)OC(=O)CC. The lowest BCUT2D eigenvalue weighted by atomic mass is 9.98. The molecule has 0 radical (unpaired) electrons. The van der Waals surface area contributed by atoms with Crippen LogP contribution < -0.4 is 5.32 Å². The predicted molar refractivity (Wildman–Crippen MR) is 138 cm³/mol. The normalized spacial score (nSPS) is 13.6. The Balaban J connectivity index is 1.53. The molecule has 1 aliphatic rings. The Labute approximate surface area is 219 Å². The standard InChI is InChI=1S/C27H31NO8S/c1-3-24(29)34-13-17(36-25(30)4-2)15-37-16-23(26(31)32)28-27(33)35-14-22-20-11-7-5-9-18(20)19-10-6-8-12-21(19)22/h5-12,17,22-23H,3-4,13-16H2,1-2H3,(H,28,33)(H,31,32)/t17-,23+/m1/s1. The number of alkyl carbamates (subject to hydrolysis) is 1. The predicted octanol–water partition coefficient (Wildman–Crippen LogP) is 3.99. The van der Waals surface area contributed by atoms with Gasteiger partial charge in [0.25, 0.3) is 0 Å². The summed E-state index contributed by atoms with van der Waals surface area (Å²) in [6.07, 6.45) is -1.21. The fraction of sp³-hybridized carbons (Fsp3) is 0.407. The van der Waals surface area contributed by atoms with E-state index in [0.717, 1.165) is 34.0 Å². The summed E-state index contributed by atoms with van der Waals surface area (Å²) in [7, 11) is 0. The lowest BCUT2D eigenvalue weighted by Crippen LogP contribution is -2.43. The first-order valence-electron chi connectivity index (χ1n) is 12.1. The van der Waals surface area contributed by atoms with Crippen molar-refractivity contribution in [2.24, 2.45) is 0 Å². The van der Waals surface area contributed by atoms with E-state index in [9.17, 15) is 24.3 Å². The van der Waals surface area contributed by atoms with Crippen LogP contribution in [0.3, 0.4) is 0 Å². The summed E-state index contributed by atoms with van der Waals surface area (Å²) in [5, 5.41) is 12.0. The van der Waals surface area contributed by atoms with Gasteiger partial charge in [-0.3, -0.25) is 9.59 Å². The second kappa shape index (κ2) is 13.7. The molecule has 10 heteroatoms. The zero-order chi connectivity index (χ0) is 26.8. The smallest absolute Gasteiger partial charge is 0.407 e. The number of carboxylic acids is 1. The Morgan fingerprint density at radius 3 is 2.05 bits per heavy atom. The highest BCUT2D eigenvalue weighted by atomic mass is 32.2. The van der Waals surface area contributed by atoms with Crippen LogP contribution in [0, 0.1) is 0 Å². The maximum absolute atomic E-state index is 12.5. The number of carbonyl (C=O) groups excluding carboxylic acids is 3. The van der Waals surface area contributed by atoms with Crippen LogP contribution in [0.15, 0.2) is 48.5 Å². The van der Waals surface area contributed by atoms with Gasteiger partial charge in [-0.05, 0) is 22.3 Å². The van der Waals surface area contributed by atoms with Crippen molar-refractivity contribution in [1.82, 2.24) is 5.32 Å². The monoisotopic (exact) mass is 529 g/mol. The number of hydrogen-bond acceptors (Lipinski definition) is 8. The maximum atomic E-state index is 12.5. The number of hydrogen-bond donors (Lipinski definition) is 2. The lowest BCUT2D eigenvalue weighted by Gasteiger charge is -2.19. The minimum absolute atomic E-state index is 0.00142. The molecule has 0 unspecified atom stereocenters. The second-order valence-corrected chi connectivity index (χ2v) is 9.48. The number of benzene rings is 2. The van der Waals surface area contributed by atoms with Crippen molar-refractivity contribution in [3.05, 3.63) is 59.7 Å². The molecule has 0 heterocycles. The topological polar surface area (TPSA) is 128 Å². The van der Waals surface area contributed by atoms with Crippen molar-refractivity contribution in [3.63, 3.8) is 0 Å². The van der Waals surface area contributed by atoms with Crippen molar-refractivity contribution in [3.8, 4) is 11.1 Å². The molecule has 2 aromatic rings. The molecule has 2 atom stereocenters. The van der Waals surface area contributed by atoms with Gasteiger partial charge in [0.1, 0.15) is 25.4 Å². The van der Waals surface area contributed by atoms with Crippen molar-refractivity contribution in [2.45, 2.75) is 44.8 Å². The van der Waals surface area contributed by atoms with E-state index >= 15 is 0 Å². The molecular weight excluding hydrogens is 498 g/mol. The number of carboxylic acid groups (broad SMARTS) is 1. The number of esters is 2. The summed E-state index contributed by atoms with van der Waals surface area (Å²) in [5.41, 5.74) is 4.29. The molecule has 0 aromatic heterocycles. The van der Waals surface area contributed by atoms with E-state index < -0.39 is 36.1 Å². The van der Waals surface area contributed by atoms with Crippen LogP contribution >= 0.6 is 11.8 Å². The third-order valence-electron chi connectivity index (χ3n) is 5.83. The first-order valence-corrected chi connectivity index (χ1v) is 13.3. The summed E-state index contributed by atoms with van der Waals surface area (Å²) in [5.74, 6) is -2.05. The van der Waals surface area contributed by atoms with Crippen molar-refractivity contribution >= 4 is 35.8 Å². The Morgan fingerprint density at radius 1 is 0.892 bits per heavy atom. The Morgan fingerprint density at radius 2 is 1.49 bits per heavy atom. The largest absolute Gasteiger partial charge is 0.480 e. The quantitative estimate of drug-likeness (QED) is 0.292. The molecule has 37 heavy (non-hydrogen) atoms. The highest BCUT2D eigenvalue weighted by molar-refractivity contribution is 7.99. The number of fused-ring (bicyclic) bond motifs is 3. The summed E-state index contributed by atoms with van der Waals surface area (Å²) in [4.78, 5) is 47.4.